The maximum absolute atomic E-state index is 13.2. The monoisotopic (exact) mass is 538 g/mol. The molecule has 38 heavy (non-hydrogen) atoms. The van der Waals surface area contributed by atoms with E-state index in [0.29, 0.717) is 23.5 Å². The molecule has 2 aliphatic rings. The summed E-state index contributed by atoms with van der Waals surface area (Å²) < 4.78 is 51.4. The van der Waals surface area contributed by atoms with E-state index in [1.165, 1.54) is 37.3 Å². The van der Waals surface area contributed by atoms with Crippen LogP contribution in [-0.2, 0) is 10.4 Å². The number of aryl methyl sites for hydroxylation is 2. The molecule has 1 aromatic carbocycles. The second-order valence-electron chi connectivity index (χ2n) is 9.90. The number of aromatic nitrogens is 1. The molecule has 6 nitrogen and oxygen atoms in total. The normalized spacial score (nSPS) is 16.3. The molecule has 2 saturated carbocycles. The topological polar surface area (TPSA) is 80.7 Å². The van der Waals surface area contributed by atoms with Gasteiger partial charge in [-0.05, 0) is 87.3 Å². The Balaban J connectivity index is 0.000000260. The first-order valence-electron chi connectivity index (χ1n) is 13.2. The molecule has 0 saturated heterocycles. The summed E-state index contributed by atoms with van der Waals surface area (Å²) in [6.45, 7) is 12.2. The van der Waals surface area contributed by atoms with Crippen LogP contribution in [0, 0.1) is 20.8 Å². The van der Waals surface area contributed by atoms with E-state index in [1.54, 1.807) is 13.8 Å². The number of hydrogen-bond acceptors (Lipinski definition) is 5. The van der Waals surface area contributed by atoms with Crippen molar-refractivity contribution < 1.29 is 32.5 Å². The predicted octanol–water partition coefficient (Wildman–Crippen LogP) is 6.42. The number of halogens is 3. The van der Waals surface area contributed by atoms with Crippen molar-refractivity contribution in [1.82, 2.24) is 10.3 Å². The van der Waals surface area contributed by atoms with E-state index in [-0.39, 0.29) is 12.3 Å². The van der Waals surface area contributed by atoms with Crippen molar-refractivity contribution in [3.05, 3.63) is 52.3 Å². The van der Waals surface area contributed by atoms with E-state index in [0.717, 1.165) is 17.1 Å². The van der Waals surface area contributed by atoms with Gasteiger partial charge < -0.3 is 19.9 Å². The zero-order valence-electron chi connectivity index (χ0n) is 23.4. The molecule has 0 bridgehead atoms. The number of rotatable bonds is 9. The number of nitrogens with one attached hydrogen (secondary N) is 1. The fourth-order valence-corrected chi connectivity index (χ4v) is 3.63. The number of aliphatic hydroxyl groups is 1. The van der Waals surface area contributed by atoms with Crippen LogP contribution in [-0.4, -0.2) is 41.4 Å². The van der Waals surface area contributed by atoms with Gasteiger partial charge in [0.25, 0.3) is 0 Å². The van der Waals surface area contributed by atoms with Crippen molar-refractivity contribution in [2.45, 2.75) is 104 Å². The highest BCUT2D eigenvalue weighted by Gasteiger charge is 2.56. The molecular formula is C29H41F3N2O4. The molecule has 1 atom stereocenters. The summed E-state index contributed by atoms with van der Waals surface area (Å²) >= 11 is 0. The van der Waals surface area contributed by atoms with Crippen LogP contribution in [0.4, 0.5) is 13.2 Å². The summed E-state index contributed by atoms with van der Waals surface area (Å²) in [4.78, 5) is 14.2. The van der Waals surface area contributed by atoms with Crippen molar-refractivity contribution >= 4 is 6.41 Å². The Hall–Kier alpha value is -2.81. The standard InChI is InChI=1S/C14H19F3N2O2.C13H16O2.C2H6/c1-8(2)11-5-12(19-10(4)9(11)3)13(21,6-18-7-20)14(15,16)17;1-9-2-7-12(14-10-3-4-10)13(8-9)15-11-5-6-11;1-2/h5,7-8,21H,6H2,1-4H3,(H,18,20);2,7-8,10-11H,3-6H2,1H3;1-2H3. The van der Waals surface area contributed by atoms with E-state index in [1.807, 2.05) is 39.1 Å². The molecule has 1 amide bonds. The van der Waals surface area contributed by atoms with Gasteiger partial charge in [0, 0.05) is 5.69 Å². The van der Waals surface area contributed by atoms with Crippen molar-refractivity contribution in [1.29, 1.82) is 0 Å². The third-order valence-corrected chi connectivity index (χ3v) is 6.25. The molecule has 2 aliphatic carbocycles. The van der Waals surface area contributed by atoms with E-state index in [2.05, 4.69) is 24.0 Å². The van der Waals surface area contributed by atoms with E-state index in [4.69, 9.17) is 9.47 Å². The molecule has 0 aliphatic heterocycles. The van der Waals surface area contributed by atoms with Crippen LogP contribution in [0.3, 0.4) is 0 Å². The Kier molecular flexibility index (Phi) is 11.0. The van der Waals surface area contributed by atoms with Crippen LogP contribution in [0.1, 0.15) is 87.4 Å². The Bertz CT molecular complexity index is 1070. The van der Waals surface area contributed by atoms with Crippen LogP contribution in [0.15, 0.2) is 24.3 Å². The lowest BCUT2D eigenvalue weighted by Crippen LogP contribution is -2.50. The van der Waals surface area contributed by atoms with Crippen LogP contribution in [0.5, 0.6) is 11.5 Å². The summed E-state index contributed by atoms with van der Waals surface area (Å²) in [5, 5.41) is 11.9. The average molecular weight is 539 g/mol. The fourth-order valence-electron chi connectivity index (χ4n) is 3.63. The minimum absolute atomic E-state index is 0.0121. The first kappa shape index (κ1) is 31.4. The molecule has 2 aromatic rings. The van der Waals surface area contributed by atoms with Gasteiger partial charge in [-0.1, -0.05) is 33.8 Å². The summed E-state index contributed by atoms with van der Waals surface area (Å²) in [5.74, 6) is 1.85. The predicted molar refractivity (Wildman–Crippen MR) is 142 cm³/mol. The van der Waals surface area contributed by atoms with Gasteiger partial charge in [0.1, 0.15) is 0 Å². The number of nitrogens with zero attached hydrogens (tertiary/aromatic N) is 1. The molecule has 0 radical (unpaired) electrons. The quantitative estimate of drug-likeness (QED) is 0.360. The molecule has 1 aromatic heterocycles. The number of pyridine rings is 1. The van der Waals surface area contributed by atoms with Crippen LogP contribution >= 0.6 is 0 Å². The summed E-state index contributed by atoms with van der Waals surface area (Å²) in [7, 11) is 0. The highest BCUT2D eigenvalue weighted by Crippen LogP contribution is 2.39. The maximum atomic E-state index is 13.2. The number of ether oxygens (including phenoxy) is 2. The van der Waals surface area contributed by atoms with Gasteiger partial charge >= 0.3 is 6.18 Å². The summed E-state index contributed by atoms with van der Waals surface area (Å²) in [6.07, 6.45) is 0.802. The second kappa shape index (κ2) is 13.3. The molecule has 9 heteroatoms. The van der Waals surface area contributed by atoms with Gasteiger partial charge in [-0.25, -0.2) is 0 Å². The van der Waals surface area contributed by atoms with Crippen molar-refractivity contribution in [3.8, 4) is 11.5 Å². The van der Waals surface area contributed by atoms with E-state index < -0.39 is 24.0 Å². The number of carbonyl (C=O) groups is 1. The maximum Gasteiger partial charge on any atom is 0.424 e. The van der Waals surface area contributed by atoms with Gasteiger partial charge in [-0.3, -0.25) is 9.78 Å². The molecule has 0 spiro atoms. The molecule has 1 unspecified atom stereocenters. The Labute approximate surface area is 224 Å². The summed E-state index contributed by atoms with van der Waals surface area (Å²) in [6, 6.07) is 7.45. The first-order chi connectivity index (χ1) is 17.9. The summed E-state index contributed by atoms with van der Waals surface area (Å²) in [5.41, 5.74) is -0.585. The molecule has 1 heterocycles. The van der Waals surface area contributed by atoms with Gasteiger partial charge in [0.15, 0.2) is 11.5 Å². The van der Waals surface area contributed by atoms with E-state index >= 15 is 0 Å². The molecule has 212 valence electrons. The zero-order valence-corrected chi connectivity index (χ0v) is 23.4. The van der Waals surface area contributed by atoms with Gasteiger partial charge in [0.2, 0.25) is 12.0 Å². The second-order valence-corrected chi connectivity index (χ2v) is 9.90. The lowest BCUT2D eigenvalue weighted by molar-refractivity contribution is -0.265. The third kappa shape index (κ3) is 8.35. The van der Waals surface area contributed by atoms with Crippen LogP contribution in [0.25, 0.3) is 0 Å². The minimum atomic E-state index is -4.95. The molecule has 4 rings (SSSR count). The highest BCUT2D eigenvalue weighted by molar-refractivity contribution is 5.46. The Morgan fingerprint density at radius 1 is 1.03 bits per heavy atom. The zero-order chi connectivity index (χ0) is 28.7. The average Bonchev–Trinajstić information content (AvgIpc) is 3.79. The van der Waals surface area contributed by atoms with Gasteiger partial charge in [0.05, 0.1) is 24.4 Å². The molecule has 2 fully saturated rings. The number of alkyl halides is 3. The van der Waals surface area contributed by atoms with Crippen LogP contribution in [0.2, 0.25) is 0 Å². The number of benzene rings is 1. The van der Waals surface area contributed by atoms with Gasteiger partial charge in [-0.2, -0.15) is 13.2 Å². The van der Waals surface area contributed by atoms with Gasteiger partial charge in [-0.15, -0.1) is 0 Å². The minimum Gasteiger partial charge on any atom is -0.487 e. The molecular weight excluding hydrogens is 497 g/mol. The SMILES string of the molecule is CC.Cc1ccc(OC2CC2)c(OC2CC2)c1.Cc1nc(C(O)(CNC=O)C(F)(F)F)cc(C(C)C)c1C. The largest absolute Gasteiger partial charge is 0.487 e. The highest BCUT2D eigenvalue weighted by atomic mass is 19.4. The lowest BCUT2D eigenvalue weighted by atomic mass is 9.91. The third-order valence-electron chi connectivity index (χ3n) is 6.25. The number of hydrogen-bond donors (Lipinski definition) is 2. The first-order valence-corrected chi connectivity index (χ1v) is 13.2. The molecule has 2 N–H and O–H groups in total. The van der Waals surface area contributed by atoms with Crippen molar-refractivity contribution in [2.75, 3.05) is 6.54 Å². The Morgan fingerprint density at radius 2 is 1.58 bits per heavy atom. The van der Waals surface area contributed by atoms with Crippen molar-refractivity contribution in [2.24, 2.45) is 0 Å². The van der Waals surface area contributed by atoms with Crippen molar-refractivity contribution in [3.63, 3.8) is 0 Å². The van der Waals surface area contributed by atoms with Crippen LogP contribution < -0.4 is 14.8 Å². The lowest BCUT2D eigenvalue weighted by Gasteiger charge is -2.31. The fraction of sp³-hybridized carbons (Fsp3) is 0.586. The Morgan fingerprint density at radius 3 is 2.05 bits per heavy atom. The number of amides is 1. The van der Waals surface area contributed by atoms with E-state index in [9.17, 15) is 23.1 Å². The smallest absolute Gasteiger partial charge is 0.424 e. The number of carbonyl (C=O) groups excluding carboxylic acids is 1.